The minimum Gasteiger partial charge on any atom is -0.382 e. The lowest BCUT2D eigenvalue weighted by molar-refractivity contribution is -0.385. The number of aliphatic hydroxyl groups excluding tert-OH is 1. The molecule has 0 amide bonds. The largest absolute Gasteiger partial charge is 0.382 e. The molecule has 3 heteroatoms. The maximum absolute atomic E-state index is 12.4. The second-order valence-corrected chi connectivity index (χ2v) is 2.36. The van der Waals surface area contributed by atoms with Crippen molar-refractivity contribution in [1.29, 1.82) is 0 Å². The quantitative estimate of drug-likeness (QED) is 0.627. The van der Waals surface area contributed by atoms with Gasteiger partial charge in [0.15, 0.2) is 0 Å². The van der Waals surface area contributed by atoms with Gasteiger partial charge in [0, 0.05) is 0 Å². The van der Waals surface area contributed by atoms with Gasteiger partial charge in [-0.15, -0.1) is 0 Å². The van der Waals surface area contributed by atoms with E-state index in [1.165, 1.54) is 12.1 Å². The summed E-state index contributed by atoms with van der Waals surface area (Å²) in [7, 11) is 0. The zero-order valence-electron chi connectivity index (χ0n) is 6.13. The lowest BCUT2D eigenvalue weighted by atomic mass is 10.1. The molecule has 0 bridgehead atoms. The Labute approximate surface area is 64.5 Å². The number of quaternary nitrogens is 1. The Morgan fingerprint density at radius 1 is 1.36 bits per heavy atom. The third-order valence-corrected chi connectivity index (χ3v) is 1.53. The monoisotopic (exact) mass is 156 g/mol. The molecule has 0 aromatic heterocycles. The number of rotatable bonds is 2. The molecule has 60 valence electrons. The van der Waals surface area contributed by atoms with Crippen LogP contribution in [-0.4, -0.2) is 11.7 Å². The van der Waals surface area contributed by atoms with E-state index in [-0.39, 0.29) is 5.82 Å². The normalized spacial score (nSPS) is 13.0. The molecule has 0 aliphatic heterocycles. The van der Waals surface area contributed by atoms with Crippen LogP contribution in [-0.2, 0) is 0 Å². The van der Waals surface area contributed by atoms with Crippen LogP contribution in [0, 0.1) is 5.82 Å². The molecule has 0 unspecified atom stereocenters. The van der Waals surface area contributed by atoms with Crippen LogP contribution in [0.15, 0.2) is 24.3 Å². The van der Waals surface area contributed by atoms with Crippen molar-refractivity contribution >= 4 is 0 Å². The predicted octanol–water partition coefficient (Wildman–Crippen LogP) is 0.101. The van der Waals surface area contributed by atoms with Crippen LogP contribution in [0.4, 0.5) is 4.39 Å². The Morgan fingerprint density at radius 2 is 1.91 bits per heavy atom. The van der Waals surface area contributed by atoms with Crippen molar-refractivity contribution in [3.8, 4) is 0 Å². The standard InChI is InChI=1S/C8H10FNO/c9-7-3-1-6(2-4-7)8(11)5-10/h1-4,8,11H,5,10H2/p+1/t8-/m1/s1. The SMILES string of the molecule is [NH3+]C[C@@H](O)c1ccc(F)cc1. The van der Waals surface area contributed by atoms with Crippen molar-refractivity contribution in [2.24, 2.45) is 0 Å². The van der Waals surface area contributed by atoms with Crippen molar-refractivity contribution in [3.63, 3.8) is 0 Å². The molecule has 1 aromatic rings. The summed E-state index contributed by atoms with van der Waals surface area (Å²) in [5, 5.41) is 9.24. The molecule has 0 fully saturated rings. The Morgan fingerprint density at radius 3 is 2.36 bits per heavy atom. The summed E-state index contributed by atoms with van der Waals surface area (Å²) >= 11 is 0. The Balaban J connectivity index is 2.81. The van der Waals surface area contributed by atoms with Gasteiger partial charge in [-0.2, -0.15) is 0 Å². The van der Waals surface area contributed by atoms with Gasteiger partial charge in [0.05, 0.1) is 0 Å². The fourth-order valence-electron chi connectivity index (χ4n) is 0.852. The maximum Gasteiger partial charge on any atom is 0.128 e. The molecule has 2 nitrogen and oxygen atoms in total. The van der Waals surface area contributed by atoms with E-state index in [1.54, 1.807) is 12.1 Å². The second kappa shape index (κ2) is 3.46. The highest BCUT2D eigenvalue weighted by atomic mass is 19.1. The lowest BCUT2D eigenvalue weighted by Crippen LogP contribution is -2.52. The van der Waals surface area contributed by atoms with Crippen LogP contribution in [0.2, 0.25) is 0 Å². The van der Waals surface area contributed by atoms with Crippen molar-refractivity contribution in [2.45, 2.75) is 6.10 Å². The smallest absolute Gasteiger partial charge is 0.128 e. The van der Waals surface area contributed by atoms with E-state index in [0.717, 1.165) is 0 Å². The lowest BCUT2D eigenvalue weighted by Gasteiger charge is -2.04. The van der Waals surface area contributed by atoms with Gasteiger partial charge < -0.3 is 10.8 Å². The van der Waals surface area contributed by atoms with Gasteiger partial charge in [-0.25, -0.2) is 4.39 Å². The summed E-state index contributed by atoms with van der Waals surface area (Å²) in [6.45, 7) is 0.408. The average molecular weight is 156 g/mol. The molecule has 1 atom stereocenters. The van der Waals surface area contributed by atoms with E-state index >= 15 is 0 Å². The van der Waals surface area contributed by atoms with Crippen LogP contribution < -0.4 is 5.73 Å². The van der Waals surface area contributed by atoms with Crippen LogP contribution in [0.3, 0.4) is 0 Å². The molecular formula is C8H11FNO+. The molecule has 0 radical (unpaired) electrons. The van der Waals surface area contributed by atoms with Gasteiger partial charge >= 0.3 is 0 Å². The van der Waals surface area contributed by atoms with E-state index in [2.05, 4.69) is 5.73 Å². The Kier molecular flexibility index (Phi) is 2.57. The summed E-state index contributed by atoms with van der Waals surface area (Å²) in [5.41, 5.74) is 4.25. The fraction of sp³-hybridized carbons (Fsp3) is 0.250. The molecule has 11 heavy (non-hydrogen) atoms. The molecular weight excluding hydrogens is 145 g/mol. The average Bonchev–Trinajstić information content (AvgIpc) is 2.05. The number of hydrogen-bond acceptors (Lipinski definition) is 1. The third-order valence-electron chi connectivity index (χ3n) is 1.53. The molecule has 4 N–H and O–H groups in total. The van der Waals surface area contributed by atoms with Crippen molar-refractivity contribution in [3.05, 3.63) is 35.6 Å². The minimum atomic E-state index is -0.574. The molecule has 0 aliphatic carbocycles. The van der Waals surface area contributed by atoms with Crippen LogP contribution >= 0.6 is 0 Å². The van der Waals surface area contributed by atoms with E-state index < -0.39 is 6.10 Å². The highest BCUT2D eigenvalue weighted by Gasteiger charge is 2.05. The second-order valence-electron chi connectivity index (χ2n) is 2.36. The molecule has 0 saturated heterocycles. The topological polar surface area (TPSA) is 47.9 Å². The van der Waals surface area contributed by atoms with Gasteiger partial charge in [0.25, 0.3) is 0 Å². The fourth-order valence-corrected chi connectivity index (χ4v) is 0.852. The summed E-state index contributed by atoms with van der Waals surface area (Å²) in [6.07, 6.45) is -0.574. The summed E-state index contributed by atoms with van der Waals surface area (Å²) < 4.78 is 12.4. The summed E-state index contributed by atoms with van der Waals surface area (Å²) in [4.78, 5) is 0. The molecule has 0 saturated carbocycles. The minimum absolute atomic E-state index is 0.287. The van der Waals surface area contributed by atoms with Crippen molar-refractivity contribution in [2.75, 3.05) is 6.54 Å². The first kappa shape index (κ1) is 8.17. The number of hydrogen-bond donors (Lipinski definition) is 2. The van der Waals surface area contributed by atoms with E-state index in [0.29, 0.717) is 12.1 Å². The highest BCUT2D eigenvalue weighted by Crippen LogP contribution is 2.10. The molecule has 1 rings (SSSR count). The number of halogens is 1. The van der Waals surface area contributed by atoms with Crippen molar-refractivity contribution < 1.29 is 15.2 Å². The van der Waals surface area contributed by atoms with Crippen LogP contribution in [0.1, 0.15) is 11.7 Å². The summed E-state index contributed by atoms with van der Waals surface area (Å²) in [5.74, 6) is -0.287. The van der Waals surface area contributed by atoms with E-state index in [1.807, 2.05) is 0 Å². The van der Waals surface area contributed by atoms with E-state index in [9.17, 15) is 9.50 Å². The van der Waals surface area contributed by atoms with Crippen molar-refractivity contribution in [1.82, 2.24) is 0 Å². The Bertz CT molecular complexity index is 222. The van der Waals surface area contributed by atoms with Crippen LogP contribution in [0.25, 0.3) is 0 Å². The van der Waals surface area contributed by atoms with Gasteiger partial charge in [0.2, 0.25) is 0 Å². The Hall–Kier alpha value is -0.930. The zero-order valence-corrected chi connectivity index (χ0v) is 6.13. The summed E-state index contributed by atoms with van der Waals surface area (Å²) in [6, 6.07) is 5.78. The zero-order chi connectivity index (χ0) is 8.27. The first-order valence-electron chi connectivity index (χ1n) is 3.47. The molecule has 0 spiro atoms. The van der Waals surface area contributed by atoms with Gasteiger partial charge in [-0.05, 0) is 17.7 Å². The number of benzene rings is 1. The first-order valence-corrected chi connectivity index (χ1v) is 3.47. The van der Waals surface area contributed by atoms with Gasteiger partial charge in [-0.3, -0.25) is 0 Å². The van der Waals surface area contributed by atoms with E-state index in [4.69, 9.17) is 0 Å². The molecule has 0 heterocycles. The highest BCUT2D eigenvalue weighted by molar-refractivity contribution is 5.18. The number of aliphatic hydroxyl groups is 1. The third kappa shape index (κ3) is 2.00. The molecule has 0 aliphatic rings. The van der Waals surface area contributed by atoms with Gasteiger partial charge in [0.1, 0.15) is 18.5 Å². The maximum atomic E-state index is 12.4. The predicted molar refractivity (Wildman–Crippen MR) is 39.1 cm³/mol. The van der Waals surface area contributed by atoms with Crippen LogP contribution in [0.5, 0.6) is 0 Å². The first-order chi connectivity index (χ1) is 5.24. The molecule has 1 aromatic carbocycles. The van der Waals surface area contributed by atoms with Gasteiger partial charge in [-0.1, -0.05) is 12.1 Å².